The lowest BCUT2D eigenvalue weighted by atomic mass is 9.97. The van der Waals surface area contributed by atoms with Crippen molar-refractivity contribution in [2.24, 2.45) is 5.92 Å². The second kappa shape index (κ2) is 5.81. The first-order chi connectivity index (χ1) is 10.6. The van der Waals surface area contributed by atoms with Crippen LogP contribution >= 0.6 is 0 Å². The van der Waals surface area contributed by atoms with Gasteiger partial charge in [0.25, 0.3) is 0 Å². The Morgan fingerprint density at radius 1 is 1.41 bits per heavy atom. The van der Waals surface area contributed by atoms with Gasteiger partial charge in [-0.2, -0.15) is 0 Å². The molecule has 116 valence electrons. The monoisotopic (exact) mass is 301 g/mol. The summed E-state index contributed by atoms with van der Waals surface area (Å²) in [5.74, 6) is 1.26. The number of aliphatic hydroxyl groups is 1. The number of aliphatic hydroxyl groups excluding tert-OH is 1. The normalized spacial score (nSPS) is 16.8. The number of amides is 2. The molecular weight excluding hydrogens is 282 g/mol. The molecule has 6 nitrogen and oxygen atoms in total. The number of hydrogen-bond donors (Lipinski definition) is 3. The predicted octanol–water partition coefficient (Wildman–Crippen LogP) is 2.62. The van der Waals surface area contributed by atoms with Gasteiger partial charge in [-0.25, -0.2) is 4.79 Å². The standard InChI is InChI=1S/C16H19N3O3/c1-16(10-20,12-7-8-12)18-15(21)17-14-9-13(22-19-14)11-5-3-2-4-6-11/h2-6,9,12,20H,7-8,10H2,1H3,(H2,17,18,19,21)/t16-/m1/s1. The average molecular weight is 301 g/mol. The van der Waals surface area contributed by atoms with Crippen molar-refractivity contribution in [1.82, 2.24) is 10.5 Å². The number of nitrogens with one attached hydrogen (secondary N) is 2. The van der Waals surface area contributed by atoms with E-state index in [1.54, 1.807) is 6.07 Å². The average Bonchev–Trinajstić information content (AvgIpc) is 3.29. The molecule has 1 aliphatic carbocycles. The fourth-order valence-corrected chi connectivity index (χ4v) is 2.47. The highest BCUT2D eigenvalue weighted by molar-refractivity contribution is 5.89. The van der Waals surface area contributed by atoms with Gasteiger partial charge in [0, 0.05) is 11.6 Å². The number of benzene rings is 1. The maximum Gasteiger partial charge on any atom is 0.321 e. The van der Waals surface area contributed by atoms with Crippen molar-refractivity contribution < 1.29 is 14.4 Å². The van der Waals surface area contributed by atoms with E-state index in [0.29, 0.717) is 17.5 Å². The molecule has 3 N–H and O–H groups in total. The summed E-state index contributed by atoms with van der Waals surface area (Å²) in [7, 11) is 0. The van der Waals surface area contributed by atoms with Crippen LogP contribution in [0.2, 0.25) is 0 Å². The zero-order valence-electron chi connectivity index (χ0n) is 12.4. The van der Waals surface area contributed by atoms with E-state index < -0.39 is 11.6 Å². The molecule has 1 atom stereocenters. The largest absolute Gasteiger partial charge is 0.394 e. The van der Waals surface area contributed by atoms with Crippen LogP contribution in [-0.2, 0) is 0 Å². The molecule has 2 amide bonds. The third-order valence-electron chi connectivity index (χ3n) is 4.02. The van der Waals surface area contributed by atoms with Gasteiger partial charge in [-0.1, -0.05) is 35.5 Å². The van der Waals surface area contributed by atoms with Crippen LogP contribution in [0.4, 0.5) is 10.6 Å². The first kappa shape index (κ1) is 14.6. The van der Waals surface area contributed by atoms with Crippen molar-refractivity contribution in [3.63, 3.8) is 0 Å². The molecule has 1 saturated carbocycles. The first-order valence-electron chi connectivity index (χ1n) is 7.33. The lowest BCUT2D eigenvalue weighted by molar-refractivity contribution is 0.159. The highest BCUT2D eigenvalue weighted by Gasteiger charge is 2.42. The highest BCUT2D eigenvalue weighted by atomic mass is 16.5. The van der Waals surface area contributed by atoms with Crippen LogP contribution in [0, 0.1) is 5.92 Å². The Hall–Kier alpha value is -2.34. The van der Waals surface area contributed by atoms with Gasteiger partial charge in [0.05, 0.1) is 12.1 Å². The molecule has 0 bridgehead atoms. The molecule has 1 aromatic heterocycles. The topological polar surface area (TPSA) is 87.4 Å². The molecule has 2 aromatic rings. The highest BCUT2D eigenvalue weighted by Crippen LogP contribution is 2.39. The smallest absolute Gasteiger partial charge is 0.321 e. The molecule has 0 saturated heterocycles. The Balaban J connectivity index is 1.64. The van der Waals surface area contributed by atoms with E-state index in [0.717, 1.165) is 18.4 Å². The third-order valence-corrected chi connectivity index (χ3v) is 4.02. The molecule has 0 spiro atoms. The van der Waals surface area contributed by atoms with Crippen molar-refractivity contribution in [3.8, 4) is 11.3 Å². The second-order valence-corrected chi connectivity index (χ2v) is 5.87. The number of hydrogen-bond acceptors (Lipinski definition) is 4. The third kappa shape index (κ3) is 3.12. The van der Waals surface area contributed by atoms with E-state index >= 15 is 0 Å². The molecule has 1 aliphatic rings. The van der Waals surface area contributed by atoms with Gasteiger partial charge in [0.1, 0.15) is 0 Å². The number of rotatable bonds is 5. The molecular formula is C16H19N3O3. The number of anilines is 1. The van der Waals surface area contributed by atoms with Gasteiger partial charge in [0.15, 0.2) is 11.6 Å². The lowest BCUT2D eigenvalue weighted by Crippen LogP contribution is -2.52. The lowest BCUT2D eigenvalue weighted by Gasteiger charge is -2.28. The van der Waals surface area contributed by atoms with Gasteiger partial charge in [-0.05, 0) is 25.7 Å². The summed E-state index contributed by atoms with van der Waals surface area (Å²) in [5.41, 5.74) is 0.303. The van der Waals surface area contributed by atoms with Crippen LogP contribution in [0.5, 0.6) is 0 Å². The Labute approximate surface area is 128 Å². The van der Waals surface area contributed by atoms with Crippen LogP contribution in [0.15, 0.2) is 40.9 Å². The molecule has 3 rings (SSSR count). The zero-order valence-corrected chi connectivity index (χ0v) is 12.4. The SMILES string of the molecule is C[C@](CO)(NC(=O)Nc1cc(-c2ccccc2)on1)C1CC1. The van der Waals surface area contributed by atoms with E-state index in [9.17, 15) is 9.90 Å². The van der Waals surface area contributed by atoms with Gasteiger partial charge < -0.3 is 14.9 Å². The number of carbonyl (C=O) groups excluding carboxylic acids is 1. The van der Waals surface area contributed by atoms with Crippen LogP contribution in [0.25, 0.3) is 11.3 Å². The van der Waals surface area contributed by atoms with Gasteiger partial charge >= 0.3 is 6.03 Å². The number of aromatic nitrogens is 1. The van der Waals surface area contributed by atoms with E-state index in [2.05, 4.69) is 15.8 Å². The Kier molecular flexibility index (Phi) is 3.85. The van der Waals surface area contributed by atoms with Crippen LogP contribution in [0.1, 0.15) is 19.8 Å². The summed E-state index contributed by atoms with van der Waals surface area (Å²) in [4.78, 5) is 12.0. The Morgan fingerprint density at radius 3 is 2.77 bits per heavy atom. The summed E-state index contributed by atoms with van der Waals surface area (Å²) >= 11 is 0. The zero-order chi connectivity index (χ0) is 15.6. The number of nitrogens with zero attached hydrogens (tertiary/aromatic N) is 1. The summed E-state index contributed by atoms with van der Waals surface area (Å²) in [6.07, 6.45) is 2.05. The van der Waals surface area contributed by atoms with E-state index in [1.165, 1.54) is 0 Å². The van der Waals surface area contributed by atoms with E-state index in [4.69, 9.17) is 4.52 Å². The van der Waals surface area contributed by atoms with E-state index in [-0.39, 0.29) is 6.61 Å². The molecule has 0 aliphatic heterocycles. The van der Waals surface area contributed by atoms with Crippen molar-refractivity contribution in [1.29, 1.82) is 0 Å². The summed E-state index contributed by atoms with van der Waals surface area (Å²) in [6.45, 7) is 1.77. The summed E-state index contributed by atoms with van der Waals surface area (Å²) in [5, 5.41) is 18.8. The minimum absolute atomic E-state index is 0.0842. The number of urea groups is 1. The fraction of sp³-hybridized carbons (Fsp3) is 0.375. The molecule has 1 fully saturated rings. The fourth-order valence-electron chi connectivity index (χ4n) is 2.47. The van der Waals surface area contributed by atoms with E-state index in [1.807, 2.05) is 37.3 Å². The number of carbonyl (C=O) groups is 1. The van der Waals surface area contributed by atoms with Gasteiger partial charge in [0.2, 0.25) is 0 Å². The summed E-state index contributed by atoms with van der Waals surface area (Å²) < 4.78 is 5.23. The molecule has 22 heavy (non-hydrogen) atoms. The van der Waals surface area contributed by atoms with Crippen molar-refractivity contribution in [2.75, 3.05) is 11.9 Å². The van der Waals surface area contributed by atoms with Gasteiger partial charge in [-0.3, -0.25) is 5.32 Å². The van der Waals surface area contributed by atoms with Crippen LogP contribution < -0.4 is 10.6 Å². The maximum atomic E-state index is 12.0. The Morgan fingerprint density at radius 2 is 2.14 bits per heavy atom. The van der Waals surface area contributed by atoms with Crippen LogP contribution in [0.3, 0.4) is 0 Å². The first-order valence-corrected chi connectivity index (χ1v) is 7.33. The summed E-state index contributed by atoms with van der Waals surface area (Å²) in [6, 6.07) is 10.8. The molecule has 0 radical (unpaired) electrons. The molecule has 0 unspecified atom stereocenters. The maximum absolute atomic E-state index is 12.0. The molecule has 1 aromatic carbocycles. The van der Waals surface area contributed by atoms with Crippen molar-refractivity contribution in [2.45, 2.75) is 25.3 Å². The minimum atomic E-state index is -0.587. The van der Waals surface area contributed by atoms with Crippen molar-refractivity contribution >= 4 is 11.8 Å². The van der Waals surface area contributed by atoms with Crippen molar-refractivity contribution in [3.05, 3.63) is 36.4 Å². The van der Waals surface area contributed by atoms with Crippen LogP contribution in [-0.4, -0.2) is 28.4 Å². The molecule has 1 heterocycles. The minimum Gasteiger partial charge on any atom is -0.394 e. The van der Waals surface area contributed by atoms with Gasteiger partial charge in [-0.15, -0.1) is 0 Å². The predicted molar refractivity (Wildman–Crippen MR) is 82.3 cm³/mol. The molecule has 6 heteroatoms. The second-order valence-electron chi connectivity index (χ2n) is 5.87. The quantitative estimate of drug-likeness (QED) is 0.792. The Bertz CT molecular complexity index is 652.